The lowest BCUT2D eigenvalue weighted by molar-refractivity contribution is -0.147. The molecule has 1 heterocycles. The minimum Gasteiger partial charge on any atom is -0.478 e. The van der Waals surface area contributed by atoms with E-state index in [9.17, 15) is 18.0 Å². The van der Waals surface area contributed by atoms with E-state index in [0.717, 1.165) is 4.57 Å². The second kappa shape index (κ2) is 4.81. The van der Waals surface area contributed by atoms with Crippen molar-refractivity contribution in [1.82, 2.24) is 9.55 Å². The molecule has 0 fully saturated rings. The van der Waals surface area contributed by atoms with Gasteiger partial charge in [-0.2, -0.15) is 13.2 Å². The van der Waals surface area contributed by atoms with Crippen LogP contribution in [0.15, 0.2) is 18.2 Å². The van der Waals surface area contributed by atoms with E-state index >= 15 is 0 Å². The molecule has 2 rings (SSSR count). The fraction of sp³-hybridized carbons (Fsp3) is 0.385. The summed E-state index contributed by atoms with van der Waals surface area (Å²) in [5.74, 6) is -2.35. The molecule has 1 unspecified atom stereocenters. The van der Waals surface area contributed by atoms with Crippen molar-refractivity contribution in [2.45, 2.75) is 32.5 Å². The summed E-state index contributed by atoms with van der Waals surface area (Å²) in [6.45, 7) is 3.40. The minimum atomic E-state index is -4.63. The van der Waals surface area contributed by atoms with Gasteiger partial charge in [0.1, 0.15) is 5.52 Å². The van der Waals surface area contributed by atoms with Crippen molar-refractivity contribution < 1.29 is 23.1 Å². The monoisotopic (exact) mass is 286 g/mol. The van der Waals surface area contributed by atoms with Crippen LogP contribution in [0.1, 0.15) is 42.5 Å². The lowest BCUT2D eigenvalue weighted by Crippen LogP contribution is -2.17. The van der Waals surface area contributed by atoms with Gasteiger partial charge in [0.25, 0.3) is 0 Å². The molecule has 7 heteroatoms. The van der Waals surface area contributed by atoms with E-state index < -0.39 is 24.0 Å². The maximum atomic E-state index is 13.1. The lowest BCUT2D eigenvalue weighted by Gasteiger charge is -2.17. The number of benzene rings is 1. The first-order valence-corrected chi connectivity index (χ1v) is 6.08. The lowest BCUT2D eigenvalue weighted by atomic mass is 10.1. The van der Waals surface area contributed by atoms with E-state index in [-0.39, 0.29) is 16.6 Å². The van der Waals surface area contributed by atoms with E-state index in [0.29, 0.717) is 6.42 Å². The Hall–Kier alpha value is -2.05. The molecule has 1 atom stereocenters. The van der Waals surface area contributed by atoms with Crippen LogP contribution in [0.4, 0.5) is 13.2 Å². The van der Waals surface area contributed by atoms with Gasteiger partial charge in [-0.1, -0.05) is 13.0 Å². The second-order valence-corrected chi connectivity index (χ2v) is 4.54. The van der Waals surface area contributed by atoms with Gasteiger partial charge in [0.2, 0.25) is 5.82 Å². The van der Waals surface area contributed by atoms with Gasteiger partial charge in [-0.3, -0.25) is 0 Å². The zero-order chi connectivity index (χ0) is 15.1. The fourth-order valence-corrected chi connectivity index (χ4v) is 2.12. The first-order chi connectivity index (χ1) is 9.27. The van der Waals surface area contributed by atoms with Crippen LogP contribution in [0.5, 0.6) is 0 Å². The van der Waals surface area contributed by atoms with E-state index in [1.54, 1.807) is 13.8 Å². The number of hydrogen-bond acceptors (Lipinski definition) is 2. The largest absolute Gasteiger partial charge is 0.478 e. The molecule has 108 valence electrons. The second-order valence-electron chi connectivity index (χ2n) is 4.54. The maximum absolute atomic E-state index is 13.1. The number of carbonyl (C=O) groups is 1. The van der Waals surface area contributed by atoms with Gasteiger partial charge in [0.15, 0.2) is 0 Å². The van der Waals surface area contributed by atoms with Crippen LogP contribution in [0.3, 0.4) is 0 Å². The summed E-state index contributed by atoms with van der Waals surface area (Å²) in [5.41, 5.74) is -0.172. The molecule has 20 heavy (non-hydrogen) atoms. The average molecular weight is 286 g/mol. The third kappa shape index (κ3) is 2.23. The van der Waals surface area contributed by atoms with Gasteiger partial charge in [-0.15, -0.1) is 0 Å². The van der Waals surface area contributed by atoms with Crippen LogP contribution < -0.4 is 0 Å². The van der Waals surface area contributed by atoms with Crippen LogP contribution in [0.25, 0.3) is 11.0 Å². The molecule has 0 saturated carbocycles. The average Bonchev–Trinajstić information content (AvgIpc) is 2.76. The zero-order valence-electron chi connectivity index (χ0n) is 10.9. The van der Waals surface area contributed by atoms with Gasteiger partial charge in [0.05, 0.1) is 11.1 Å². The number of aromatic carboxylic acids is 1. The fourth-order valence-electron chi connectivity index (χ4n) is 2.12. The molecule has 0 spiro atoms. The number of fused-ring (bicyclic) bond motifs is 1. The SMILES string of the molecule is CCC(C)n1c(C(F)(F)F)nc2c(C(=O)O)cccc21. The van der Waals surface area contributed by atoms with Gasteiger partial charge in [-0.05, 0) is 25.5 Å². The summed E-state index contributed by atoms with van der Waals surface area (Å²) in [7, 11) is 0. The quantitative estimate of drug-likeness (QED) is 0.935. The molecule has 2 aromatic rings. The number of carboxylic acid groups (broad SMARTS) is 1. The Morgan fingerprint density at radius 3 is 2.60 bits per heavy atom. The smallest absolute Gasteiger partial charge is 0.449 e. The van der Waals surface area contributed by atoms with Crippen LogP contribution >= 0.6 is 0 Å². The van der Waals surface area contributed by atoms with Crippen molar-refractivity contribution in [1.29, 1.82) is 0 Å². The normalized spacial score (nSPS) is 13.7. The van der Waals surface area contributed by atoms with Gasteiger partial charge in [-0.25, -0.2) is 9.78 Å². The number of halogens is 3. The molecule has 0 bridgehead atoms. The molecule has 0 saturated heterocycles. The highest BCUT2D eigenvalue weighted by molar-refractivity contribution is 6.01. The molecule has 0 radical (unpaired) electrons. The Labute approximate surface area is 112 Å². The van der Waals surface area contributed by atoms with Gasteiger partial charge < -0.3 is 9.67 Å². The number of nitrogens with zero attached hydrogens (tertiary/aromatic N) is 2. The van der Waals surface area contributed by atoms with E-state index in [2.05, 4.69) is 4.98 Å². The number of aromatic nitrogens is 2. The molecule has 1 aromatic carbocycles. The van der Waals surface area contributed by atoms with Crippen molar-refractivity contribution in [2.75, 3.05) is 0 Å². The van der Waals surface area contributed by atoms with Crippen LogP contribution in [-0.4, -0.2) is 20.6 Å². The number of rotatable bonds is 3. The topological polar surface area (TPSA) is 55.1 Å². The molecule has 4 nitrogen and oxygen atoms in total. The van der Waals surface area contributed by atoms with Crippen molar-refractivity contribution in [3.8, 4) is 0 Å². The summed E-state index contributed by atoms with van der Waals surface area (Å²) < 4.78 is 40.3. The molecule has 0 amide bonds. The van der Waals surface area contributed by atoms with Crippen molar-refractivity contribution in [3.63, 3.8) is 0 Å². The summed E-state index contributed by atoms with van der Waals surface area (Å²) in [5, 5.41) is 9.05. The summed E-state index contributed by atoms with van der Waals surface area (Å²) in [6, 6.07) is 3.70. The predicted octanol–water partition coefficient (Wildman–Crippen LogP) is 3.72. The minimum absolute atomic E-state index is 0.132. The highest BCUT2D eigenvalue weighted by atomic mass is 19.4. The summed E-state index contributed by atoms with van der Waals surface area (Å²) in [4.78, 5) is 14.6. The summed E-state index contributed by atoms with van der Waals surface area (Å²) >= 11 is 0. The molecular formula is C13H13F3N2O2. The Kier molecular flexibility index (Phi) is 3.45. The molecule has 1 N–H and O–H groups in total. The molecule has 0 aliphatic carbocycles. The number of imidazole rings is 1. The van der Waals surface area contributed by atoms with Crippen molar-refractivity contribution in [2.24, 2.45) is 0 Å². The summed E-state index contributed by atoms with van der Waals surface area (Å²) in [6.07, 6.45) is -4.15. The molecule has 0 aliphatic rings. The van der Waals surface area contributed by atoms with Crippen LogP contribution in [-0.2, 0) is 6.18 Å². The Morgan fingerprint density at radius 1 is 1.45 bits per heavy atom. The number of alkyl halides is 3. The van der Waals surface area contributed by atoms with E-state index in [1.807, 2.05) is 0 Å². The van der Waals surface area contributed by atoms with Crippen LogP contribution in [0.2, 0.25) is 0 Å². The predicted molar refractivity (Wildman–Crippen MR) is 66.7 cm³/mol. The third-order valence-electron chi connectivity index (χ3n) is 3.24. The highest BCUT2D eigenvalue weighted by Crippen LogP contribution is 2.35. The standard InChI is InChI=1S/C13H13F3N2O2/c1-3-7(2)18-9-6-4-5-8(11(19)20)10(9)17-12(18)13(14,15)16/h4-7H,3H2,1-2H3,(H,19,20). The van der Waals surface area contributed by atoms with E-state index in [1.165, 1.54) is 18.2 Å². The maximum Gasteiger partial charge on any atom is 0.449 e. The number of para-hydroxylation sites is 1. The Bertz CT molecular complexity index is 661. The Morgan fingerprint density at radius 2 is 2.10 bits per heavy atom. The first-order valence-electron chi connectivity index (χ1n) is 6.08. The zero-order valence-corrected chi connectivity index (χ0v) is 10.9. The van der Waals surface area contributed by atoms with Gasteiger partial charge in [0, 0.05) is 6.04 Å². The number of carboxylic acids is 1. The van der Waals surface area contributed by atoms with Gasteiger partial charge >= 0.3 is 12.1 Å². The molecular weight excluding hydrogens is 273 g/mol. The molecule has 1 aromatic heterocycles. The Balaban J connectivity index is 2.86. The number of hydrogen-bond donors (Lipinski definition) is 1. The highest BCUT2D eigenvalue weighted by Gasteiger charge is 2.39. The first kappa shape index (κ1) is 14.4. The molecule has 0 aliphatic heterocycles. The van der Waals surface area contributed by atoms with Crippen molar-refractivity contribution >= 4 is 17.0 Å². The van der Waals surface area contributed by atoms with Crippen LogP contribution in [0, 0.1) is 0 Å². The van der Waals surface area contributed by atoms with E-state index in [4.69, 9.17) is 5.11 Å². The third-order valence-corrected chi connectivity index (χ3v) is 3.24. The van der Waals surface area contributed by atoms with Crippen molar-refractivity contribution in [3.05, 3.63) is 29.6 Å².